The molecular formula is C32H54O3. The molecule has 4 aliphatic rings. The molecule has 1 N–H and O–H groups in total. The lowest BCUT2D eigenvalue weighted by Gasteiger charge is -2.59. The number of carbonyl (C=O) groups is 1. The second-order valence-electron chi connectivity index (χ2n) is 13.9. The number of unbranched alkanes of at least 4 members (excludes halogenated alkanes) is 2. The lowest BCUT2D eigenvalue weighted by molar-refractivity contribution is -0.225. The predicted octanol–water partition coefficient (Wildman–Crippen LogP) is 8.10. The molecule has 3 fully saturated rings. The van der Waals surface area contributed by atoms with Gasteiger partial charge in [0.05, 0.1) is 6.61 Å². The molecule has 0 radical (unpaired) electrons. The lowest BCUT2D eigenvalue weighted by atomic mass is 9.46. The van der Waals surface area contributed by atoms with Gasteiger partial charge in [-0.3, -0.25) is 0 Å². The molecule has 0 aliphatic heterocycles. The minimum Gasteiger partial charge on any atom is -0.365 e. The van der Waals surface area contributed by atoms with Gasteiger partial charge in [0.15, 0.2) is 5.79 Å². The maximum absolute atomic E-state index is 11.2. The Labute approximate surface area is 215 Å². The molecule has 4 rings (SSSR count). The van der Waals surface area contributed by atoms with Gasteiger partial charge in [-0.15, -0.1) is 0 Å². The molecule has 200 valence electrons. The quantitative estimate of drug-likeness (QED) is 0.139. The first-order chi connectivity index (χ1) is 16.6. The Bertz CT molecular complexity index is 758. The molecule has 35 heavy (non-hydrogen) atoms. The van der Waals surface area contributed by atoms with Crippen molar-refractivity contribution in [2.75, 3.05) is 6.61 Å². The number of rotatable bonds is 11. The van der Waals surface area contributed by atoms with Gasteiger partial charge in [0, 0.05) is 19.3 Å². The first-order valence-corrected chi connectivity index (χ1v) is 15.1. The Morgan fingerprint density at radius 2 is 1.83 bits per heavy atom. The van der Waals surface area contributed by atoms with Gasteiger partial charge in [-0.05, 0) is 97.7 Å². The van der Waals surface area contributed by atoms with E-state index in [9.17, 15) is 9.90 Å². The number of hydrogen-bond acceptors (Lipinski definition) is 3. The molecule has 0 amide bonds. The fraction of sp³-hybridized carbons (Fsp3) is 0.906. The number of carbonyl (C=O) groups excluding carboxylic acids is 1. The number of aldehydes is 1. The summed E-state index contributed by atoms with van der Waals surface area (Å²) in [7, 11) is 0. The van der Waals surface area contributed by atoms with E-state index in [0.29, 0.717) is 24.9 Å². The predicted molar refractivity (Wildman–Crippen MR) is 144 cm³/mol. The molecule has 0 aromatic heterocycles. The van der Waals surface area contributed by atoms with Crippen LogP contribution in [0.5, 0.6) is 0 Å². The molecule has 0 bridgehead atoms. The van der Waals surface area contributed by atoms with E-state index in [1.165, 1.54) is 56.9 Å². The van der Waals surface area contributed by atoms with Gasteiger partial charge in [-0.25, -0.2) is 0 Å². The zero-order chi connectivity index (χ0) is 25.3. The van der Waals surface area contributed by atoms with E-state index in [0.717, 1.165) is 67.5 Å². The fourth-order valence-corrected chi connectivity index (χ4v) is 9.36. The van der Waals surface area contributed by atoms with Crippen molar-refractivity contribution in [2.45, 2.75) is 130 Å². The SMILES string of the molecule is CC(C)CCC[C@@H](C)[C@H]1CC[C@H]2[C@@H]3CC=C4CC(O)(OCCCCC=O)CC[C@]4(C)[C@H]3CC[C@]12C. The van der Waals surface area contributed by atoms with Crippen LogP contribution in [-0.4, -0.2) is 23.8 Å². The zero-order valence-corrected chi connectivity index (χ0v) is 23.5. The van der Waals surface area contributed by atoms with Gasteiger partial charge in [-0.2, -0.15) is 0 Å². The van der Waals surface area contributed by atoms with Crippen molar-refractivity contribution in [2.24, 2.45) is 46.3 Å². The van der Waals surface area contributed by atoms with Crippen LogP contribution in [-0.2, 0) is 9.53 Å². The van der Waals surface area contributed by atoms with Crippen LogP contribution in [0.25, 0.3) is 0 Å². The number of fused-ring (bicyclic) bond motifs is 5. The molecular weight excluding hydrogens is 432 g/mol. The molecule has 3 nitrogen and oxygen atoms in total. The van der Waals surface area contributed by atoms with E-state index in [-0.39, 0.29) is 5.41 Å². The minimum absolute atomic E-state index is 0.234. The zero-order valence-electron chi connectivity index (χ0n) is 23.5. The molecule has 3 heteroatoms. The summed E-state index contributed by atoms with van der Waals surface area (Å²) in [6.45, 7) is 13.0. The van der Waals surface area contributed by atoms with Crippen LogP contribution in [0, 0.1) is 46.3 Å². The molecule has 3 saturated carbocycles. The van der Waals surface area contributed by atoms with Crippen molar-refractivity contribution in [3.8, 4) is 0 Å². The van der Waals surface area contributed by atoms with Crippen LogP contribution < -0.4 is 0 Å². The van der Waals surface area contributed by atoms with Crippen molar-refractivity contribution in [1.82, 2.24) is 0 Å². The Kier molecular flexibility index (Phi) is 8.58. The van der Waals surface area contributed by atoms with Crippen LogP contribution in [0.4, 0.5) is 0 Å². The number of allylic oxidation sites excluding steroid dienone is 1. The topological polar surface area (TPSA) is 46.5 Å². The first kappa shape index (κ1) is 27.4. The summed E-state index contributed by atoms with van der Waals surface area (Å²) < 4.78 is 6.02. The summed E-state index contributed by atoms with van der Waals surface area (Å²) in [6.07, 6.45) is 19.3. The van der Waals surface area contributed by atoms with E-state index in [1.54, 1.807) is 0 Å². The van der Waals surface area contributed by atoms with Crippen molar-refractivity contribution >= 4 is 6.29 Å². The van der Waals surface area contributed by atoms with Crippen LogP contribution in [0.3, 0.4) is 0 Å². The summed E-state index contributed by atoms with van der Waals surface area (Å²) in [5.74, 6) is 4.06. The standard InChI is InChI=1S/C32H54O3/c1-23(2)10-9-11-24(3)27-14-15-28-26-13-12-25-22-32(34,35-21-8-6-7-20-33)19-18-30(25,4)29(26)16-17-31(27,28)5/h12,20,23-24,26-29,34H,6-11,13-19,21-22H2,1-5H3/t24-,26+,27-,28+,29+,30+,31-,32?/m1/s1. The third kappa shape index (κ3) is 5.47. The van der Waals surface area contributed by atoms with Crippen LogP contribution in [0.15, 0.2) is 11.6 Å². The molecule has 0 spiro atoms. The van der Waals surface area contributed by atoms with Crippen LogP contribution in [0.1, 0.15) is 125 Å². The highest BCUT2D eigenvalue weighted by molar-refractivity contribution is 5.48. The average molecular weight is 487 g/mol. The second kappa shape index (κ2) is 11.0. The first-order valence-electron chi connectivity index (χ1n) is 15.1. The van der Waals surface area contributed by atoms with Gasteiger partial charge < -0.3 is 14.6 Å². The fourth-order valence-electron chi connectivity index (χ4n) is 9.36. The molecule has 1 unspecified atom stereocenters. The molecule has 0 heterocycles. The Hall–Kier alpha value is -0.670. The van der Waals surface area contributed by atoms with E-state index in [1.807, 2.05) is 0 Å². The lowest BCUT2D eigenvalue weighted by Crippen LogP contribution is -2.53. The highest BCUT2D eigenvalue weighted by Gasteiger charge is 2.60. The maximum Gasteiger partial charge on any atom is 0.169 e. The third-order valence-electron chi connectivity index (χ3n) is 11.4. The Morgan fingerprint density at radius 3 is 2.57 bits per heavy atom. The van der Waals surface area contributed by atoms with E-state index in [2.05, 4.69) is 40.7 Å². The number of aliphatic hydroxyl groups is 1. The van der Waals surface area contributed by atoms with E-state index < -0.39 is 5.79 Å². The van der Waals surface area contributed by atoms with E-state index >= 15 is 0 Å². The van der Waals surface area contributed by atoms with Crippen molar-refractivity contribution in [3.63, 3.8) is 0 Å². The smallest absolute Gasteiger partial charge is 0.169 e. The maximum atomic E-state index is 11.2. The Morgan fingerprint density at radius 1 is 1.03 bits per heavy atom. The van der Waals surface area contributed by atoms with Crippen LogP contribution in [0.2, 0.25) is 0 Å². The van der Waals surface area contributed by atoms with Gasteiger partial charge in [0.1, 0.15) is 6.29 Å². The van der Waals surface area contributed by atoms with Gasteiger partial charge in [-0.1, -0.05) is 65.5 Å². The van der Waals surface area contributed by atoms with Gasteiger partial charge in [0.2, 0.25) is 0 Å². The summed E-state index contributed by atoms with van der Waals surface area (Å²) in [5, 5.41) is 11.2. The Balaban J connectivity index is 1.41. The average Bonchev–Trinajstić information content (AvgIpc) is 3.16. The molecule has 8 atom stereocenters. The molecule has 0 aromatic rings. The second-order valence-corrected chi connectivity index (χ2v) is 13.9. The summed E-state index contributed by atoms with van der Waals surface area (Å²) in [5.41, 5.74) is 2.24. The highest BCUT2D eigenvalue weighted by atomic mass is 16.6. The van der Waals surface area contributed by atoms with Crippen molar-refractivity contribution < 1.29 is 14.6 Å². The molecule has 0 aromatic carbocycles. The molecule has 4 aliphatic carbocycles. The number of ether oxygens (including phenoxy) is 1. The molecule has 0 saturated heterocycles. The highest BCUT2D eigenvalue weighted by Crippen LogP contribution is 2.67. The monoisotopic (exact) mass is 486 g/mol. The van der Waals surface area contributed by atoms with Gasteiger partial charge in [0.25, 0.3) is 0 Å². The third-order valence-corrected chi connectivity index (χ3v) is 11.4. The largest absolute Gasteiger partial charge is 0.365 e. The summed E-state index contributed by atoms with van der Waals surface area (Å²) in [6, 6.07) is 0. The summed E-state index contributed by atoms with van der Waals surface area (Å²) in [4.78, 5) is 10.5. The van der Waals surface area contributed by atoms with Crippen molar-refractivity contribution in [3.05, 3.63) is 11.6 Å². The van der Waals surface area contributed by atoms with Gasteiger partial charge >= 0.3 is 0 Å². The van der Waals surface area contributed by atoms with Crippen LogP contribution >= 0.6 is 0 Å². The number of hydrogen-bond donors (Lipinski definition) is 1. The summed E-state index contributed by atoms with van der Waals surface area (Å²) >= 11 is 0. The van der Waals surface area contributed by atoms with E-state index in [4.69, 9.17) is 4.74 Å². The normalized spacial score (nSPS) is 41.6. The minimum atomic E-state index is -1.01. The van der Waals surface area contributed by atoms with Crippen molar-refractivity contribution in [1.29, 1.82) is 0 Å².